The van der Waals surface area contributed by atoms with Gasteiger partial charge in [0.15, 0.2) is 0 Å². The lowest BCUT2D eigenvalue weighted by molar-refractivity contribution is 0.0692. The predicted molar refractivity (Wildman–Crippen MR) is 119 cm³/mol. The van der Waals surface area contributed by atoms with Crippen LogP contribution >= 0.6 is 22.9 Å². The highest BCUT2D eigenvalue weighted by Crippen LogP contribution is 2.24. The molecular formula is C22H26ClN3O3S. The van der Waals surface area contributed by atoms with Gasteiger partial charge in [-0.05, 0) is 55.3 Å². The van der Waals surface area contributed by atoms with Gasteiger partial charge in [-0.15, -0.1) is 11.3 Å². The number of thiophene rings is 1. The fourth-order valence-corrected chi connectivity index (χ4v) is 5.09. The summed E-state index contributed by atoms with van der Waals surface area (Å²) in [6.45, 7) is 2.91. The zero-order valence-corrected chi connectivity index (χ0v) is 18.8. The van der Waals surface area contributed by atoms with E-state index in [-0.39, 0.29) is 24.0 Å². The van der Waals surface area contributed by atoms with E-state index >= 15 is 0 Å². The normalized spacial score (nSPS) is 21.9. The summed E-state index contributed by atoms with van der Waals surface area (Å²) in [6.07, 6.45) is 1.72. The van der Waals surface area contributed by atoms with Crippen molar-refractivity contribution in [2.45, 2.75) is 25.0 Å². The number of likely N-dealkylation sites (tertiary alicyclic amines) is 1. The first-order valence-electron chi connectivity index (χ1n) is 10.1. The topological polar surface area (TPSA) is 61.9 Å². The number of benzene rings is 1. The molecule has 0 bridgehead atoms. The lowest BCUT2D eigenvalue weighted by atomic mass is 9.99. The van der Waals surface area contributed by atoms with E-state index in [2.05, 4.69) is 23.3 Å². The van der Waals surface area contributed by atoms with E-state index in [0.29, 0.717) is 27.9 Å². The van der Waals surface area contributed by atoms with Crippen molar-refractivity contribution in [3.05, 3.63) is 56.2 Å². The third kappa shape index (κ3) is 4.54. The van der Waals surface area contributed by atoms with Gasteiger partial charge < -0.3 is 19.9 Å². The lowest BCUT2D eigenvalue weighted by Crippen LogP contribution is -2.43. The van der Waals surface area contributed by atoms with Crippen LogP contribution in [0.3, 0.4) is 0 Å². The number of carbonyl (C=O) groups excluding carboxylic acids is 2. The minimum atomic E-state index is -0.262. The molecule has 2 atom stereocenters. The van der Waals surface area contributed by atoms with Crippen LogP contribution in [0.2, 0.25) is 4.34 Å². The summed E-state index contributed by atoms with van der Waals surface area (Å²) in [5.74, 6) is -0.212. The van der Waals surface area contributed by atoms with Crippen LogP contribution in [-0.4, -0.2) is 74.1 Å². The Kier molecular flexibility index (Phi) is 6.43. The summed E-state index contributed by atoms with van der Waals surface area (Å²) in [6, 6.07) is 9.20. The average molecular weight is 448 g/mol. The lowest BCUT2D eigenvalue weighted by Gasteiger charge is -2.18. The largest absolute Gasteiger partial charge is 0.377 e. The number of ether oxygens (including phenoxy) is 1. The minimum absolute atomic E-state index is 0.0200. The molecule has 8 heteroatoms. The third-order valence-electron chi connectivity index (χ3n) is 5.95. The van der Waals surface area contributed by atoms with Crippen molar-refractivity contribution in [3.8, 4) is 0 Å². The quantitative estimate of drug-likeness (QED) is 0.782. The molecule has 160 valence electrons. The summed E-state index contributed by atoms with van der Waals surface area (Å²) in [7, 11) is 3.74. The fraction of sp³-hybridized carbons (Fsp3) is 0.455. The van der Waals surface area contributed by atoms with Crippen LogP contribution < -0.4 is 5.32 Å². The van der Waals surface area contributed by atoms with Gasteiger partial charge in [-0.25, -0.2) is 0 Å². The molecule has 1 N–H and O–H groups in total. The van der Waals surface area contributed by atoms with Crippen LogP contribution in [0.1, 0.15) is 31.2 Å². The Bertz CT molecular complexity index is 947. The van der Waals surface area contributed by atoms with Gasteiger partial charge in [-0.3, -0.25) is 9.59 Å². The Balaban J connectivity index is 1.45. The maximum Gasteiger partial charge on any atom is 0.261 e. The standard InChI is InChI=1S/C22H26ClN3O3S/c1-25-9-7-14-3-4-16(11-15(14)8-10-25)22(28)26-12-17(18(13-26)29-2)24-21(27)19-5-6-20(23)30-19/h3-6,11,17-18H,7-10,12-13H2,1-2H3,(H,24,27)/t17?,18-/m0/s1. The molecule has 1 saturated heterocycles. The zero-order chi connectivity index (χ0) is 21.3. The molecule has 1 aromatic carbocycles. The maximum absolute atomic E-state index is 13.2. The van der Waals surface area contributed by atoms with E-state index < -0.39 is 0 Å². The number of likely N-dealkylation sites (N-methyl/N-ethyl adjacent to an activating group) is 1. The third-order valence-corrected chi connectivity index (χ3v) is 7.18. The fourth-order valence-electron chi connectivity index (χ4n) is 4.15. The number of nitrogens with zero attached hydrogens (tertiary/aromatic N) is 2. The zero-order valence-electron chi connectivity index (χ0n) is 17.2. The Morgan fingerprint density at radius 3 is 2.60 bits per heavy atom. The molecule has 0 spiro atoms. The van der Waals surface area contributed by atoms with E-state index in [1.54, 1.807) is 24.1 Å². The Hall–Kier alpha value is -1.93. The summed E-state index contributed by atoms with van der Waals surface area (Å²) in [5.41, 5.74) is 3.28. The van der Waals surface area contributed by atoms with Gasteiger partial charge in [-0.1, -0.05) is 17.7 Å². The van der Waals surface area contributed by atoms with E-state index in [1.807, 2.05) is 12.1 Å². The minimum Gasteiger partial charge on any atom is -0.377 e. The summed E-state index contributed by atoms with van der Waals surface area (Å²) in [4.78, 5) is 30.3. The number of nitrogens with one attached hydrogen (secondary N) is 1. The second-order valence-corrected chi connectivity index (χ2v) is 9.67. The smallest absolute Gasteiger partial charge is 0.261 e. The van der Waals surface area contributed by atoms with Crippen molar-refractivity contribution in [1.82, 2.24) is 15.1 Å². The Morgan fingerprint density at radius 2 is 1.90 bits per heavy atom. The molecule has 6 nitrogen and oxygen atoms in total. The van der Waals surface area contributed by atoms with Gasteiger partial charge in [0.05, 0.1) is 21.4 Å². The number of rotatable bonds is 4. The second-order valence-electron chi connectivity index (χ2n) is 7.95. The summed E-state index contributed by atoms with van der Waals surface area (Å²) in [5, 5.41) is 3.00. The van der Waals surface area contributed by atoms with Gasteiger partial charge >= 0.3 is 0 Å². The van der Waals surface area contributed by atoms with Gasteiger partial charge in [0.1, 0.15) is 0 Å². The van der Waals surface area contributed by atoms with E-state index in [4.69, 9.17) is 16.3 Å². The van der Waals surface area contributed by atoms with Gasteiger partial charge in [-0.2, -0.15) is 0 Å². The first kappa shape index (κ1) is 21.3. The Labute approximate surface area is 185 Å². The van der Waals surface area contributed by atoms with Crippen LogP contribution in [0, 0.1) is 0 Å². The van der Waals surface area contributed by atoms with Crippen molar-refractivity contribution >= 4 is 34.8 Å². The number of halogens is 1. The van der Waals surface area contributed by atoms with Gasteiger partial charge in [0.25, 0.3) is 11.8 Å². The van der Waals surface area contributed by atoms with E-state index in [0.717, 1.165) is 25.9 Å². The highest BCUT2D eigenvalue weighted by molar-refractivity contribution is 7.18. The van der Waals surface area contributed by atoms with Crippen molar-refractivity contribution in [3.63, 3.8) is 0 Å². The van der Waals surface area contributed by atoms with Crippen LogP contribution in [0.5, 0.6) is 0 Å². The monoisotopic (exact) mass is 447 g/mol. The van der Waals surface area contributed by atoms with Crippen molar-refractivity contribution < 1.29 is 14.3 Å². The summed E-state index contributed by atoms with van der Waals surface area (Å²) >= 11 is 7.17. The van der Waals surface area contributed by atoms with Crippen molar-refractivity contribution in [2.75, 3.05) is 40.3 Å². The molecule has 1 fully saturated rings. The molecule has 2 aromatic rings. The van der Waals surface area contributed by atoms with Gasteiger partial charge in [0, 0.05) is 38.9 Å². The number of hydrogen-bond donors (Lipinski definition) is 1. The molecule has 1 unspecified atom stereocenters. The molecule has 0 aliphatic carbocycles. The number of fused-ring (bicyclic) bond motifs is 1. The molecule has 1 aromatic heterocycles. The molecular weight excluding hydrogens is 422 g/mol. The first-order valence-corrected chi connectivity index (χ1v) is 11.3. The van der Waals surface area contributed by atoms with Crippen LogP contribution in [0.15, 0.2) is 30.3 Å². The number of methoxy groups -OCH3 is 1. The highest BCUT2D eigenvalue weighted by Gasteiger charge is 2.37. The van der Waals surface area contributed by atoms with E-state index in [1.165, 1.54) is 22.5 Å². The second kappa shape index (κ2) is 9.06. The highest BCUT2D eigenvalue weighted by atomic mass is 35.5. The molecule has 2 aliphatic heterocycles. The number of hydrogen-bond acceptors (Lipinski definition) is 5. The molecule has 3 heterocycles. The number of amides is 2. The average Bonchev–Trinajstić information content (AvgIpc) is 3.31. The van der Waals surface area contributed by atoms with Crippen LogP contribution in [0.4, 0.5) is 0 Å². The van der Waals surface area contributed by atoms with Crippen LogP contribution in [-0.2, 0) is 17.6 Å². The molecule has 0 radical (unpaired) electrons. The molecule has 2 amide bonds. The van der Waals surface area contributed by atoms with E-state index in [9.17, 15) is 9.59 Å². The summed E-state index contributed by atoms with van der Waals surface area (Å²) < 4.78 is 6.13. The maximum atomic E-state index is 13.2. The van der Waals surface area contributed by atoms with Crippen molar-refractivity contribution in [2.24, 2.45) is 0 Å². The molecule has 4 rings (SSSR count). The molecule has 30 heavy (non-hydrogen) atoms. The van der Waals surface area contributed by atoms with Gasteiger partial charge in [0.2, 0.25) is 0 Å². The Morgan fingerprint density at radius 1 is 1.13 bits per heavy atom. The number of carbonyl (C=O) groups is 2. The van der Waals surface area contributed by atoms with Crippen LogP contribution in [0.25, 0.3) is 0 Å². The molecule has 0 saturated carbocycles. The predicted octanol–water partition coefficient (Wildman–Crippen LogP) is 2.70. The first-order chi connectivity index (χ1) is 14.4. The van der Waals surface area contributed by atoms with Crippen molar-refractivity contribution in [1.29, 1.82) is 0 Å². The SMILES string of the molecule is CO[C@H]1CN(C(=O)c2ccc3c(c2)CCN(C)CC3)CC1NC(=O)c1ccc(Cl)s1. The molecule has 2 aliphatic rings.